The molecular weight excluding hydrogens is 458 g/mol. The molecule has 0 bridgehead atoms. The van der Waals surface area contributed by atoms with Crippen LogP contribution in [0.4, 0.5) is 5.82 Å². The number of amides is 1. The van der Waals surface area contributed by atoms with E-state index in [2.05, 4.69) is 10.4 Å². The van der Waals surface area contributed by atoms with Crippen LogP contribution >= 0.6 is 23.1 Å². The van der Waals surface area contributed by atoms with Crippen molar-refractivity contribution >= 4 is 45.0 Å². The number of aromatic nitrogens is 4. The van der Waals surface area contributed by atoms with Crippen LogP contribution in [0.5, 0.6) is 0 Å². The first kappa shape index (κ1) is 22.0. The highest BCUT2D eigenvalue weighted by Crippen LogP contribution is 2.34. The van der Waals surface area contributed by atoms with Crippen LogP contribution in [0.2, 0.25) is 0 Å². The maximum Gasteiger partial charge on any atom is 0.263 e. The van der Waals surface area contributed by atoms with E-state index in [1.165, 1.54) is 16.6 Å². The Hall–Kier alpha value is -2.85. The number of rotatable bonds is 7. The van der Waals surface area contributed by atoms with Crippen molar-refractivity contribution in [1.82, 2.24) is 19.3 Å². The molecule has 33 heavy (non-hydrogen) atoms. The number of hydrogen-bond donors (Lipinski definition) is 1. The molecule has 1 aliphatic carbocycles. The second-order valence-corrected chi connectivity index (χ2v) is 10.4. The zero-order valence-corrected chi connectivity index (χ0v) is 20.2. The molecule has 172 valence electrons. The maximum atomic E-state index is 13.6. The molecule has 1 amide bonds. The van der Waals surface area contributed by atoms with Crippen molar-refractivity contribution in [2.24, 2.45) is 0 Å². The largest absolute Gasteiger partial charge is 0.467 e. The number of thioether (sulfide) groups is 1. The van der Waals surface area contributed by atoms with Crippen LogP contribution < -0.4 is 10.9 Å². The van der Waals surface area contributed by atoms with Crippen LogP contribution in [0, 0.1) is 0 Å². The number of anilines is 1. The first-order valence-corrected chi connectivity index (χ1v) is 12.8. The van der Waals surface area contributed by atoms with Crippen molar-refractivity contribution in [3.05, 3.63) is 57.2 Å². The minimum atomic E-state index is -0.174. The Morgan fingerprint density at radius 2 is 2.15 bits per heavy atom. The molecule has 8 nitrogen and oxygen atoms in total. The van der Waals surface area contributed by atoms with E-state index < -0.39 is 0 Å². The lowest BCUT2D eigenvalue weighted by Gasteiger charge is -2.13. The van der Waals surface area contributed by atoms with Crippen LogP contribution in [-0.4, -0.2) is 31.0 Å². The van der Waals surface area contributed by atoms with Gasteiger partial charge in [0.15, 0.2) is 5.16 Å². The van der Waals surface area contributed by atoms with Crippen molar-refractivity contribution in [3.8, 4) is 0 Å². The van der Waals surface area contributed by atoms with Gasteiger partial charge >= 0.3 is 0 Å². The molecule has 0 radical (unpaired) electrons. The number of thiophene rings is 1. The number of aryl methyl sites for hydroxylation is 2. The molecule has 4 heterocycles. The van der Waals surface area contributed by atoms with Crippen molar-refractivity contribution in [1.29, 1.82) is 0 Å². The SMILES string of the molecule is CC(C)n1nccc1NC(=O)CSc1nc2sc3c(c2c(=O)n1Cc1ccco1)CCCC3. The number of nitrogens with zero attached hydrogens (tertiary/aromatic N) is 4. The molecule has 1 N–H and O–H groups in total. The third-order valence-corrected chi connectivity index (χ3v) is 7.86. The Balaban J connectivity index is 1.45. The molecule has 0 aromatic carbocycles. The van der Waals surface area contributed by atoms with Gasteiger partial charge in [-0.2, -0.15) is 5.10 Å². The molecular formula is C23H25N5O3S2. The summed E-state index contributed by atoms with van der Waals surface area (Å²) in [7, 11) is 0. The topological polar surface area (TPSA) is 95.0 Å². The van der Waals surface area contributed by atoms with Crippen molar-refractivity contribution in [2.45, 2.75) is 57.3 Å². The van der Waals surface area contributed by atoms with Gasteiger partial charge in [0.25, 0.3) is 5.56 Å². The Morgan fingerprint density at radius 3 is 2.94 bits per heavy atom. The van der Waals surface area contributed by atoms with E-state index >= 15 is 0 Å². The number of furan rings is 1. The minimum absolute atomic E-state index is 0.0587. The van der Waals surface area contributed by atoms with Crippen LogP contribution in [0.3, 0.4) is 0 Å². The summed E-state index contributed by atoms with van der Waals surface area (Å²) in [5, 5.41) is 8.41. The summed E-state index contributed by atoms with van der Waals surface area (Å²) in [6.07, 6.45) is 7.43. The van der Waals surface area contributed by atoms with Crippen LogP contribution in [0.1, 0.15) is 48.9 Å². The van der Waals surface area contributed by atoms with Gasteiger partial charge in [-0.05, 0) is 57.2 Å². The number of fused-ring (bicyclic) bond motifs is 3. The van der Waals surface area contributed by atoms with Gasteiger partial charge < -0.3 is 9.73 Å². The summed E-state index contributed by atoms with van der Waals surface area (Å²) >= 11 is 2.88. The molecule has 0 aliphatic heterocycles. The average molecular weight is 484 g/mol. The lowest BCUT2D eigenvalue weighted by Crippen LogP contribution is -2.25. The standard InChI is InChI=1S/C23H25N5O3S2/c1-14(2)28-18(9-10-24-28)25-19(29)13-32-23-26-21-20(16-7-3-4-8-17(16)33-21)22(30)27(23)12-15-6-5-11-31-15/h5-6,9-11,14H,3-4,7-8,12-13H2,1-2H3,(H,25,29). The highest BCUT2D eigenvalue weighted by molar-refractivity contribution is 7.99. The lowest BCUT2D eigenvalue weighted by atomic mass is 9.97. The van der Waals surface area contributed by atoms with E-state index in [1.54, 1.807) is 45.2 Å². The summed E-state index contributed by atoms with van der Waals surface area (Å²) < 4.78 is 8.90. The van der Waals surface area contributed by atoms with E-state index in [9.17, 15) is 9.59 Å². The third kappa shape index (κ3) is 4.37. The average Bonchev–Trinajstić information content (AvgIpc) is 3.54. The summed E-state index contributed by atoms with van der Waals surface area (Å²) in [5.74, 6) is 1.28. The second-order valence-electron chi connectivity index (χ2n) is 8.35. The predicted molar refractivity (Wildman–Crippen MR) is 130 cm³/mol. The molecule has 4 aromatic heterocycles. The molecule has 0 fully saturated rings. The summed E-state index contributed by atoms with van der Waals surface area (Å²) in [6.45, 7) is 4.29. The van der Waals surface area contributed by atoms with Crippen LogP contribution in [0.15, 0.2) is 45.0 Å². The van der Waals surface area contributed by atoms with Gasteiger partial charge in [-0.15, -0.1) is 11.3 Å². The smallest absolute Gasteiger partial charge is 0.263 e. The van der Waals surface area contributed by atoms with E-state index in [0.717, 1.165) is 41.5 Å². The fraction of sp³-hybridized carbons (Fsp3) is 0.391. The third-order valence-electron chi connectivity index (χ3n) is 5.69. The van der Waals surface area contributed by atoms with Crippen LogP contribution in [0.25, 0.3) is 10.2 Å². The quantitative estimate of drug-likeness (QED) is 0.307. The number of carbonyl (C=O) groups is 1. The van der Waals surface area contributed by atoms with Gasteiger partial charge in [-0.1, -0.05) is 11.8 Å². The Bertz CT molecular complexity index is 1350. The van der Waals surface area contributed by atoms with Gasteiger partial charge in [0.1, 0.15) is 16.4 Å². The molecule has 0 unspecified atom stereocenters. The molecule has 0 atom stereocenters. The summed E-state index contributed by atoms with van der Waals surface area (Å²) in [6, 6.07) is 5.55. The highest BCUT2D eigenvalue weighted by atomic mass is 32.2. The number of carbonyl (C=O) groups excluding carboxylic acids is 1. The maximum absolute atomic E-state index is 13.6. The van der Waals surface area contributed by atoms with Gasteiger partial charge in [0, 0.05) is 17.0 Å². The van der Waals surface area contributed by atoms with Crippen molar-refractivity contribution in [3.63, 3.8) is 0 Å². The number of hydrogen-bond acceptors (Lipinski definition) is 7. The zero-order chi connectivity index (χ0) is 22.9. The Kier molecular flexibility index (Phi) is 6.11. The van der Waals surface area contributed by atoms with Gasteiger partial charge in [0.2, 0.25) is 5.91 Å². The Morgan fingerprint density at radius 1 is 1.30 bits per heavy atom. The first-order valence-electron chi connectivity index (χ1n) is 11.0. The van der Waals surface area contributed by atoms with Gasteiger partial charge in [0.05, 0.1) is 30.1 Å². The molecule has 4 aromatic rings. The summed E-state index contributed by atoms with van der Waals surface area (Å²) in [5.41, 5.74) is 1.10. The van der Waals surface area contributed by atoms with Gasteiger partial charge in [-0.25, -0.2) is 9.67 Å². The highest BCUT2D eigenvalue weighted by Gasteiger charge is 2.23. The molecule has 1 aliphatic rings. The molecule has 5 rings (SSSR count). The van der Waals surface area contributed by atoms with Crippen LogP contribution in [-0.2, 0) is 24.2 Å². The Labute approximate surface area is 199 Å². The molecule has 10 heteroatoms. The van der Waals surface area contributed by atoms with Gasteiger partial charge in [-0.3, -0.25) is 14.2 Å². The minimum Gasteiger partial charge on any atom is -0.467 e. The van der Waals surface area contributed by atoms with E-state index in [0.29, 0.717) is 16.7 Å². The molecule has 0 saturated heterocycles. The second kappa shape index (κ2) is 9.18. The van der Waals surface area contributed by atoms with E-state index in [4.69, 9.17) is 9.40 Å². The zero-order valence-electron chi connectivity index (χ0n) is 18.5. The fourth-order valence-electron chi connectivity index (χ4n) is 4.16. The van der Waals surface area contributed by atoms with Crippen molar-refractivity contribution < 1.29 is 9.21 Å². The van der Waals surface area contributed by atoms with E-state index in [1.807, 2.05) is 19.9 Å². The molecule has 0 saturated carbocycles. The van der Waals surface area contributed by atoms with Crippen molar-refractivity contribution in [2.75, 3.05) is 11.1 Å². The predicted octanol–water partition coefficient (Wildman–Crippen LogP) is 4.49. The lowest BCUT2D eigenvalue weighted by molar-refractivity contribution is -0.113. The summed E-state index contributed by atoms with van der Waals surface area (Å²) in [4.78, 5) is 33.2. The first-order chi connectivity index (χ1) is 16.0. The fourth-order valence-corrected chi connectivity index (χ4v) is 6.26. The van der Waals surface area contributed by atoms with E-state index in [-0.39, 0.29) is 29.8 Å². The normalized spacial score (nSPS) is 13.5. The number of nitrogens with one attached hydrogen (secondary N) is 1. The molecule has 0 spiro atoms. The monoisotopic (exact) mass is 483 g/mol.